The number of primary amides is 1. The van der Waals surface area contributed by atoms with E-state index >= 15 is 0 Å². The largest absolute Gasteiger partial charge is 0.366 e. The number of rotatable bonds is 4. The third kappa shape index (κ3) is 5.00. The molecule has 0 aliphatic carbocycles. The molecule has 1 aromatic carbocycles. The Bertz CT molecular complexity index is 863. The lowest BCUT2D eigenvalue weighted by Crippen LogP contribution is -2.55. The smallest absolute Gasteiger partial charge is 0.248 e. The first-order valence-electron chi connectivity index (χ1n) is 8.61. The van der Waals surface area contributed by atoms with Gasteiger partial charge in [0.25, 0.3) is 0 Å². The Kier molecular flexibility index (Phi) is 7.38. The third-order valence-corrected chi connectivity index (χ3v) is 4.42. The number of aliphatic imine (C=N–C) groups is 1. The Balaban J connectivity index is 0.00000280. The van der Waals surface area contributed by atoms with E-state index in [4.69, 9.17) is 5.73 Å². The van der Waals surface area contributed by atoms with Crippen LogP contribution in [0.5, 0.6) is 0 Å². The summed E-state index contributed by atoms with van der Waals surface area (Å²) in [4.78, 5) is 31.6. The summed E-state index contributed by atoms with van der Waals surface area (Å²) in [7, 11) is 3.52. The summed E-state index contributed by atoms with van der Waals surface area (Å²) in [5.74, 6) is 0.214. The normalized spacial score (nSPS) is 14.6. The molecule has 10 heteroatoms. The number of carbonyl (C=O) groups excluding carboxylic acids is 2. The van der Waals surface area contributed by atoms with Gasteiger partial charge in [-0.3, -0.25) is 19.3 Å². The van der Waals surface area contributed by atoms with Crippen LogP contribution in [0.2, 0.25) is 0 Å². The number of hydrogen-bond donors (Lipinski definition) is 2. The molecule has 0 atom stereocenters. The average molecular weight is 497 g/mol. The maximum absolute atomic E-state index is 12.5. The van der Waals surface area contributed by atoms with E-state index in [0.29, 0.717) is 31.2 Å². The van der Waals surface area contributed by atoms with Gasteiger partial charge < -0.3 is 20.9 Å². The van der Waals surface area contributed by atoms with Crippen molar-refractivity contribution in [3.8, 4) is 0 Å². The zero-order valence-corrected chi connectivity index (χ0v) is 18.2. The van der Waals surface area contributed by atoms with Crippen LogP contribution in [0, 0.1) is 0 Å². The van der Waals surface area contributed by atoms with Crippen LogP contribution < -0.4 is 16.0 Å². The maximum Gasteiger partial charge on any atom is 0.248 e. The number of piperazine rings is 1. The van der Waals surface area contributed by atoms with Crippen LogP contribution in [0.25, 0.3) is 0 Å². The number of hydrogen-bond acceptors (Lipinski definition) is 4. The summed E-state index contributed by atoms with van der Waals surface area (Å²) in [5, 5.41) is 7.38. The van der Waals surface area contributed by atoms with Gasteiger partial charge in [-0.05, 0) is 17.7 Å². The van der Waals surface area contributed by atoms with E-state index in [-0.39, 0.29) is 36.4 Å². The van der Waals surface area contributed by atoms with Crippen molar-refractivity contribution in [2.24, 2.45) is 17.8 Å². The second-order valence-corrected chi connectivity index (χ2v) is 6.30. The molecule has 0 saturated carbocycles. The molecule has 2 aromatic rings. The molecule has 0 unspecified atom stereocenters. The van der Waals surface area contributed by atoms with E-state index in [1.54, 1.807) is 35.0 Å². The molecule has 1 saturated heterocycles. The number of halogens is 1. The standard InChI is InChI=1S/C18H23N7O2.HI/c1-20-18(21-9-13-3-5-14(6-4-13)17(19)27)24-7-8-25(16(26)12-24)15-10-22-23(2)11-15;/h3-6,10-11H,7-9,12H2,1-2H3,(H2,19,27)(H,20,21);1H. The summed E-state index contributed by atoms with van der Waals surface area (Å²) in [6.07, 6.45) is 3.52. The zero-order valence-electron chi connectivity index (χ0n) is 15.8. The van der Waals surface area contributed by atoms with Crippen LogP contribution in [0.4, 0.5) is 5.69 Å². The predicted octanol–water partition coefficient (Wildman–Crippen LogP) is 0.561. The third-order valence-electron chi connectivity index (χ3n) is 4.42. The number of amides is 2. The Morgan fingerprint density at radius 2 is 2.00 bits per heavy atom. The minimum Gasteiger partial charge on any atom is -0.366 e. The highest BCUT2D eigenvalue weighted by molar-refractivity contribution is 14.0. The first kappa shape index (κ1) is 21.7. The van der Waals surface area contributed by atoms with Crippen LogP contribution in [-0.2, 0) is 18.4 Å². The summed E-state index contributed by atoms with van der Waals surface area (Å²) < 4.78 is 1.68. The summed E-state index contributed by atoms with van der Waals surface area (Å²) in [6.45, 7) is 2.01. The van der Waals surface area contributed by atoms with Crippen molar-refractivity contribution in [1.82, 2.24) is 20.0 Å². The average Bonchev–Trinajstić information content (AvgIpc) is 3.09. The van der Waals surface area contributed by atoms with Gasteiger partial charge in [0, 0.05) is 45.5 Å². The van der Waals surface area contributed by atoms with Crippen molar-refractivity contribution in [3.63, 3.8) is 0 Å². The number of benzene rings is 1. The monoisotopic (exact) mass is 497 g/mol. The lowest BCUT2D eigenvalue weighted by Gasteiger charge is -2.35. The minimum atomic E-state index is -0.449. The number of nitrogens with one attached hydrogen (secondary N) is 1. The van der Waals surface area contributed by atoms with Crippen molar-refractivity contribution < 1.29 is 9.59 Å². The zero-order chi connectivity index (χ0) is 19.4. The highest BCUT2D eigenvalue weighted by Gasteiger charge is 2.27. The van der Waals surface area contributed by atoms with Gasteiger partial charge in [-0.15, -0.1) is 24.0 Å². The van der Waals surface area contributed by atoms with Crippen molar-refractivity contribution in [2.45, 2.75) is 6.54 Å². The Morgan fingerprint density at radius 1 is 1.29 bits per heavy atom. The second-order valence-electron chi connectivity index (χ2n) is 6.30. The van der Waals surface area contributed by atoms with E-state index in [2.05, 4.69) is 15.4 Å². The molecule has 0 spiro atoms. The molecule has 3 N–H and O–H groups in total. The van der Waals surface area contributed by atoms with Gasteiger partial charge in [-0.2, -0.15) is 5.10 Å². The molecule has 1 aliphatic heterocycles. The van der Waals surface area contributed by atoms with Crippen LogP contribution in [0.15, 0.2) is 41.7 Å². The van der Waals surface area contributed by atoms with Gasteiger partial charge in [-0.25, -0.2) is 0 Å². The number of nitrogens with two attached hydrogens (primary N) is 1. The van der Waals surface area contributed by atoms with Gasteiger partial charge in [-0.1, -0.05) is 12.1 Å². The van der Waals surface area contributed by atoms with E-state index in [9.17, 15) is 9.59 Å². The second kappa shape index (κ2) is 9.53. The molecule has 1 aromatic heterocycles. The minimum absolute atomic E-state index is 0. The summed E-state index contributed by atoms with van der Waals surface area (Å²) >= 11 is 0. The number of aromatic nitrogens is 2. The topological polar surface area (TPSA) is 109 Å². The lowest BCUT2D eigenvalue weighted by molar-refractivity contribution is -0.120. The SMILES string of the molecule is CN=C(NCc1ccc(C(N)=O)cc1)N1CCN(c2cnn(C)c2)C(=O)C1.I. The van der Waals surface area contributed by atoms with Crippen molar-refractivity contribution >= 4 is 47.4 Å². The van der Waals surface area contributed by atoms with Gasteiger partial charge in [0.15, 0.2) is 5.96 Å². The highest BCUT2D eigenvalue weighted by Crippen LogP contribution is 2.16. The van der Waals surface area contributed by atoms with E-state index in [1.165, 1.54) is 0 Å². The van der Waals surface area contributed by atoms with Crippen molar-refractivity contribution in [3.05, 3.63) is 47.8 Å². The van der Waals surface area contributed by atoms with Crippen LogP contribution in [0.3, 0.4) is 0 Å². The number of carbonyl (C=O) groups is 2. The number of guanidine groups is 1. The first-order chi connectivity index (χ1) is 13.0. The van der Waals surface area contributed by atoms with E-state index < -0.39 is 5.91 Å². The van der Waals surface area contributed by atoms with Crippen LogP contribution in [0.1, 0.15) is 15.9 Å². The summed E-state index contributed by atoms with van der Waals surface area (Å²) in [5.41, 5.74) is 7.52. The number of nitrogens with zero attached hydrogens (tertiary/aromatic N) is 5. The molecule has 1 aliphatic rings. The van der Waals surface area contributed by atoms with Crippen LogP contribution in [-0.4, -0.2) is 59.1 Å². The van der Waals surface area contributed by atoms with Gasteiger partial charge in [0.2, 0.25) is 11.8 Å². The molecule has 0 radical (unpaired) electrons. The maximum atomic E-state index is 12.5. The highest BCUT2D eigenvalue weighted by atomic mass is 127. The van der Waals surface area contributed by atoms with Gasteiger partial charge >= 0.3 is 0 Å². The predicted molar refractivity (Wildman–Crippen MR) is 118 cm³/mol. The lowest BCUT2D eigenvalue weighted by atomic mass is 10.1. The summed E-state index contributed by atoms with van der Waals surface area (Å²) in [6, 6.07) is 7.06. The fraction of sp³-hybridized carbons (Fsp3) is 0.333. The van der Waals surface area contributed by atoms with E-state index in [1.807, 2.05) is 30.3 Å². The molecule has 1 fully saturated rings. The molecule has 9 nitrogen and oxygen atoms in total. The first-order valence-corrected chi connectivity index (χ1v) is 8.61. The molecule has 150 valence electrons. The fourth-order valence-electron chi connectivity index (χ4n) is 2.97. The molecule has 2 heterocycles. The number of aryl methyl sites for hydroxylation is 1. The quantitative estimate of drug-likeness (QED) is 0.365. The Hall–Kier alpha value is -2.63. The van der Waals surface area contributed by atoms with Crippen LogP contribution >= 0.6 is 24.0 Å². The Morgan fingerprint density at radius 3 is 2.54 bits per heavy atom. The molecular weight excluding hydrogens is 473 g/mol. The molecule has 2 amide bonds. The molecular formula is C18H24IN7O2. The molecule has 0 bridgehead atoms. The van der Waals surface area contributed by atoms with Crippen molar-refractivity contribution in [1.29, 1.82) is 0 Å². The van der Waals surface area contributed by atoms with Gasteiger partial charge in [0.1, 0.15) is 6.54 Å². The Labute approximate surface area is 180 Å². The van der Waals surface area contributed by atoms with Crippen molar-refractivity contribution in [2.75, 3.05) is 31.6 Å². The number of anilines is 1. The molecule has 28 heavy (non-hydrogen) atoms. The van der Waals surface area contributed by atoms with Gasteiger partial charge in [0.05, 0.1) is 11.9 Å². The van der Waals surface area contributed by atoms with E-state index in [0.717, 1.165) is 11.3 Å². The fourth-order valence-corrected chi connectivity index (χ4v) is 2.97. The molecule has 3 rings (SSSR count).